The molecule has 26 heavy (non-hydrogen) atoms. The number of hydrogen-bond acceptors (Lipinski definition) is 5. The summed E-state index contributed by atoms with van der Waals surface area (Å²) in [7, 11) is 0. The summed E-state index contributed by atoms with van der Waals surface area (Å²) < 4.78 is 2.67. The molecule has 8 heteroatoms. The summed E-state index contributed by atoms with van der Waals surface area (Å²) in [5, 5.41) is 7.99. The maximum atomic E-state index is 12.4. The number of aryl methyl sites for hydroxylation is 3. The number of hydrogen-bond donors (Lipinski definition) is 1. The first-order chi connectivity index (χ1) is 12.4. The Morgan fingerprint density at radius 2 is 1.85 bits per heavy atom. The van der Waals surface area contributed by atoms with E-state index < -0.39 is 0 Å². The number of aromatic nitrogens is 4. The molecule has 0 aliphatic carbocycles. The second-order valence-corrected chi connectivity index (χ2v) is 7.69. The van der Waals surface area contributed by atoms with Gasteiger partial charge in [-0.3, -0.25) is 4.79 Å². The average molecular weight is 432 g/mol. The van der Waals surface area contributed by atoms with Crippen LogP contribution in [0.3, 0.4) is 0 Å². The third-order valence-corrected chi connectivity index (χ3v) is 4.79. The van der Waals surface area contributed by atoms with Crippen molar-refractivity contribution < 1.29 is 4.79 Å². The van der Waals surface area contributed by atoms with Crippen molar-refractivity contribution in [2.45, 2.75) is 25.9 Å². The summed E-state index contributed by atoms with van der Waals surface area (Å²) in [5.41, 5.74) is 3.48. The van der Waals surface area contributed by atoms with Crippen LogP contribution in [0, 0.1) is 20.8 Å². The first kappa shape index (κ1) is 18.6. The Morgan fingerprint density at radius 1 is 1.12 bits per heavy atom. The third kappa shape index (κ3) is 4.70. The molecule has 0 fully saturated rings. The Balaban J connectivity index is 1.71. The Morgan fingerprint density at radius 3 is 2.54 bits per heavy atom. The second kappa shape index (κ2) is 8.01. The van der Waals surface area contributed by atoms with E-state index in [-0.39, 0.29) is 11.7 Å². The number of rotatable bonds is 5. The highest BCUT2D eigenvalue weighted by Crippen LogP contribution is 2.21. The van der Waals surface area contributed by atoms with Crippen LogP contribution >= 0.6 is 27.7 Å². The lowest BCUT2D eigenvalue weighted by Crippen LogP contribution is -2.17. The molecule has 0 radical (unpaired) electrons. The SMILES string of the molecule is Cc1cc(C)nc(SCC(=O)Nc2cc(C)nn2-c2cccc(Br)c2)n1. The standard InChI is InChI=1S/C18H18BrN5OS/c1-11-7-12(2)21-18(20-11)26-10-17(25)22-16-8-13(3)23-24(16)15-6-4-5-14(19)9-15/h4-9H,10H2,1-3H3,(H,22,25). The van der Waals surface area contributed by atoms with Crippen LogP contribution in [-0.4, -0.2) is 31.4 Å². The van der Waals surface area contributed by atoms with E-state index in [0.717, 1.165) is 27.2 Å². The van der Waals surface area contributed by atoms with Crippen molar-refractivity contribution in [2.24, 2.45) is 0 Å². The van der Waals surface area contributed by atoms with Gasteiger partial charge in [0.05, 0.1) is 17.1 Å². The zero-order chi connectivity index (χ0) is 18.7. The van der Waals surface area contributed by atoms with Crippen molar-refractivity contribution in [1.82, 2.24) is 19.7 Å². The van der Waals surface area contributed by atoms with Crippen LogP contribution in [-0.2, 0) is 4.79 Å². The van der Waals surface area contributed by atoms with E-state index in [1.54, 1.807) is 4.68 Å². The van der Waals surface area contributed by atoms with E-state index in [0.29, 0.717) is 11.0 Å². The van der Waals surface area contributed by atoms with Crippen LogP contribution in [0.25, 0.3) is 5.69 Å². The first-order valence-corrected chi connectivity index (χ1v) is 9.76. The van der Waals surface area contributed by atoms with Gasteiger partial charge in [0.1, 0.15) is 5.82 Å². The minimum absolute atomic E-state index is 0.131. The Labute approximate surface area is 164 Å². The molecule has 0 bridgehead atoms. The number of nitrogens with one attached hydrogen (secondary N) is 1. The van der Waals surface area contributed by atoms with Gasteiger partial charge < -0.3 is 5.32 Å². The van der Waals surface area contributed by atoms with Gasteiger partial charge in [-0.25, -0.2) is 14.6 Å². The minimum Gasteiger partial charge on any atom is -0.310 e. The number of anilines is 1. The maximum absolute atomic E-state index is 12.4. The molecule has 3 aromatic rings. The molecule has 6 nitrogen and oxygen atoms in total. The average Bonchev–Trinajstić information content (AvgIpc) is 2.92. The highest BCUT2D eigenvalue weighted by molar-refractivity contribution is 9.10. The zero-order valence-corrected chi connectivity index (χ0v) is 17.1. The van der Waals surface area contributed by atoms with E-state index in [1.807, 2.05) is 57.2 Å². The van der Waals surface area contributed by atoms with E-state index in [4.69, 9.17) is 0 Å². The Hall–Kier alpha value is -2.19. The molecule has 2 heterocycles. The topological polar surface area (TPSA) is 72.7 Å². The van der Waals surface area contributed by atoms with E-state index in [1.165, 1.54) is 11.8 Å². The number of nitrogens with zero attached hydrogens (tertiary/aromatic N) is 4. The predicted molar refractivity (Wildman–Crippen MR) is 107 cm³/mol. The number of halogens is 1. The van der Waals surface area contributed by atoms with Crippen molar-refractivity contribution in [2.75, 3.05) is 11.1 Å². The fraction of sp³-hybridized carbons (Fsp3) is 0.222. The number of thioether (sulfide) groups is 1. The molecule has 1 N–H and O–H groups in total. The van der Waals surface area contributed by atoms with Crippen LogP contribution in [0.5, 0.6) is 0 Å². The van der Waals surface area contributed by atoms with Crippen LogP contribution in [0.4, 0.5) is 5.82 Å². The Bertz CT molecular complexity index is 936. The van der Waals surface area contributed by atoms with Crippen LogP contribution in [0.1, 0.15) is 17.1 Å². The second-order valence-electron chi connectivity index (χ2n) is 5.83. The largest absolute Gasteiger partial charge is 0.310 e. The van der Waals surface area contributed by atoms with Crippen molar-refractivity contribution in [3.8, 4) is 5.69 Å². The maximum Gasteiger partial charge on any atom is 0.236 e. The van der Waals surface area contributed by atoms with E-state index in [9.17, 15) is 4.79 Å². The molecule has 0 saturated heterocycles. The molecule has 0 spiro atoms. The summed E-state index contributed by atoms with van der Waals surface area (Å²) >= 11 is 4.77. The lowest BCUT2D eigenvalue weighted by atomic mass is 10.3. The summed E-state index contributed by atoms with van der Waals surface area (Å²) in [6.07, 6.45) is 0. The number of amides is 1. The molecule has 3 rings (SSSR count). The molecule has 1 amide bonds. The number of carbonyl (C=O) groups excluding carboxylic acids is 1. The van der Waals surface area contributed by atoms with Crippen LogP contribution in [0.15, 0.2) is 46.0 Å². The van der Waals surface area contributed by atoms with Crippen molar-refractivity contribution in [1.29, 1.82) is 0 Å². The lowest BCUT2D eigenvalue weighted by Gasteiger charge is -2.09. The molecule has 0 saturated carbocycles. The smallest absolute Gasteiger partial charge is 0.236 e. The fourth-order valence-corrected chi connectivity index (χ4v) is 3.60. The molecule has 0 aliphatic heterocycles. The number of benzene rings is 1. The molecule has 0 atom stereocenters. The monoisotopic (exact) mass is 431 g/mol. The number of carbonyl (C=O) groups is 1. The van der Waals surface area contributed by atoms with Gasteiger partial charge in [-0.1, -0.05) is 33.8 Å². The highest BCUT2D eigenvalue weighted by Gasteiger charge is 2.12. The van der Waals surface area contributed by atoms with Gasteiger partial charge in [0.2, 0.25) is 5.91 Å². The molecular formula is C18H18BrN5OS. The van der Waals surface area contributed by atoms with E-state index >= 15 is 0 Å². The zero-order valence-electron chi connectivity index (χ0n) is 14.7. The molecular weight excluding hydrogens is 414 g/mol. The molecule has 0 aliphatic rings. The van der Waals surface area contributed by atoms with Crippen molar-refractivity contribution in [3.63, 3.8) is 0 Å². The fourth-order valence-electron chi connectivity index (χ4n) is 2.46. The summed E-state index contributed by atoms with van der Waals surface area (Å²) in [5.74, 6) is 0.729. The van der Waals surface area contributed by atoms with Gasteiger partial charge >= 0.3 is 0 Å². The Kier molecular flexibility index (Phi) is 5.73. The van der Waals surface area contributed by atoms with Gasteiger partial charge in [-0.2, -0.15) is 5.10 Å². The van der Waals surface area contributed by atoms with E-state index in [2.05, 4.69) is 36.3 Å². The summed E-state index contributed by atoms with van der Waals surface area (Å²) in [6, 6.07) is 11.5. The quantitative estimate of drug-likeness (QED) is 0.486. The van der Waals surface area contributed by atoms with Gasteiger partial charge in [0.25, 0.3) is 0 Å². The van der Waals surface area contributed by atoms with Gasteiger partial charge in [-0.15, -0.1) is 0 Å². The highest BCUT2D eigenvalue weighted by atomic mass is 79.9. The molecule has 0 unspecified atom stereocenters. The normalized spacial score (nSPS) is 10.8. The third-order valence-electron chi connectivity index (χ3n) is 3.45. The minimum atomic E-state index is -0.131. The predicted octanol–water partition coefficient (Wildman–Crippen LogP) is 4.08. The van der Waals surface area contributed by atoms with Crippen LogP contribution < -0.4 is 5.32 Å². The first-order valence-electron chi connectivity index (χ1n) is 7.98. The van der Waals surface area contributed by atoms with Gasteiger partial charge in [0.15, 0.2) is 5.16 Å². The van der Waals surface area contributed by atoms with Gasteiger partial charge in [-0.05, 0) is 45.0 Å². The molecule has 134 valence electrons. The summed E-state index contributed by atoms with van der Waals surface area (Å²) in [4.78, 5) is 21.1. The molecule has 1 aromatic carbocycles. The van der Waals surface area contributed by atoms with Gasteiger partial charge in [0, 0.05) is 21.9 Å². The summed E-state index contributed by atoms with van der Waals surface area (Å²) in [6.45, 7) is 5.72. The van der Waals surface area contributed by atoms with Crippen molar-refractivity contribution >= 4 is 39.4 Å². The van der Waals surface area contributed by atoms with Crippen molar-refractivity contribution in [3.05, 3.63) is 58.0 Å². The molecule has 2 aromatic heterocycles. The lowest BCUT2D eigenvalue weighted by molar-refractivity contribution is -0.113. The van der Waals surface area contributed by atoms with Crippen LogP contribution in [0.2, 0.25) is 0 Å².